The molecule has 42 heavy (non-hydrogen) atoms. The third-order valence-electron chi connectivity index (χ3n) is 8.01. The fourth-order valence-electron chi connectivity index (χ4n) is 5.72. The van der Waals surface area contributed by atoms with E-state index in [4.69, 9.17) is 22.4 Å². The molecule has 0 saturated carbocycles. The number of hydrogen-bond acceptors (Lipinski definition) is 8. The van der Waals surface area contributed by atoms with Crippen molar-refractivity contribution < 1.29 is 46.4 Å². The smallest absolute Gasteiger partial charge is 0.870 e. The second-order valence-electron chi connectivity index (χ2n) is 12.0. The van der Waals surface area contributed by atoms with E-state index in [1.54, 1.807) is 0 Å². The van der Waals surface area contributed by atoms with Gasteiger partial charge in [0.1, 0.15) is 12.8 Å². The van der Waals surface area contributed by atoms with Crippen molar-refractivity contribution in [2.24, 2.45) is 0 Å². The Balaban J connectivity index is 0.00000484. The number of ether oxygens (including phenoxy) is 2. The van der Waals surface area contributed by atoms with Gasteiger partial charge in [-0.2, -0.15) is 0 Å². The van der Waals surface area contributed by atoms with Gasteiger partial charge in [-0.1, -0.05) is 85.7 Å². The first-order valence-corrected chi connectivity index (χ1v) is 18.3. The third kappa shape index (κ3) is 6.46. The van der Waals surface area contributed by atoms with Crippen LogP contribution in [0.4, 0.5) is 0 Å². The van der Waals surface area contributed by atoms with Gasteiger partial charge in [0.2, 0.25) is 0 Å². The van der Waals surface area contributed by atoms with E-state index in [1.165, 1.54) is 12.3 Å². The van der Waals surface area contributed by atoms with Crippen LogP contribution in [0.25, 0.3) is 5.88 Å². The molecular formula is C29H43LiN2O8Si2. The molecule has 2 aliphatic heterocycles. The van der Waals surface area contributed by atoms with E-state index in [1.807, 2.05) is 30.3 Å². The summed E-state index contributed by atoms with van der Waals surface area (Å²) < 4.78 is 34.5. The average molecular weight is 611 g/mol. The molecule has 0 aliphatic carbocycles. The van der Waals surface area contributed by atoms with E-state index in [2.05, 4.69) is 55.4 Å². The van der Waals surface area contributed by atoms with Crippen LogP contribution < -0.4 is 35.2 Å². The van der Waals surface area contributed by atoms with Crippen LogP contribution in [-0.4, -0.2) is 45.1 Å². The first-order valence-electron chi connectivity index (χ1n) is 14.4. The zero-order valence-corrected chi connectivity index (χ0v) is 28.3. The molecule has 1 fully saturated rings. The van der Waals surface area contributed by atoms with E-state index < -0.39 is 46.3 Å². The normalized spacial score (nSPS) is 21.7. The molecule has 0 unspecified atom stereocenters. The number of aromatic nitrogens is 2. The van der Waals surface area contributed by atoms with Crippen molar-refractivity contribution in [2.45, 2.75) is 103 Å². The van der Waals surface area contributed by atoms with Crippen molar-refractivity contribution in [3.63, 3.8) is 0 Å². The summed E-state index contributed by atoms with van der Waals surface area (Å²) in [5.74, 6) is -0.662. The number of nitrogens with zero attached hydrogens (tertiary/aromatic N) is 2. The van der Waals surface area contributed by atoms with Crippen molar-refractivity contribution in [1.29, 1.82) is 0 Å². The van der Waals surface area contributed by atoms with Crippen LogP contribution in [0.1, 0.15) is 61.0 Å². The summed E-state index contributed by atoms with van der Waals surface area (Å²) >= 11 is 0. The van der Waals surface area contributed by atoms with Crippen molar-refractivity contribution in [1.82, 2.24) is 9.13 Å². The average Bonchev–Trinajstić information content (AvgIpc) is 3.20. The van der Waals surface area contributed by atoms with Gasteiger partial charge < -0.3 is 27.5 Å². The molecule has 0 bridgehead atoms. The monoisotopic (exact) mass is 610 g/mol. The molecule has 1 aromatic heterocycles. The maximum Gasteiger partial charge on any atom is 1.00 e. The minimum Gasteiger partial charge on any atom is -0.870 e. The summed E-state index contributed by atoms with van der Waals surface area (Å²) in [6, 6.07) is 10.6. The zero-order valence-electron chi connectivity index (χ0n) is 26.3. The quantitative estimate of drug-likeness (QED) is 0.387. The Morgan fingerprint density at radius 1 is 0.929 bits per heavy atom. The molecule has 10 nitrogen and oxygen atoms in total. The van der Waals surface area contributed by atoms with Gasteiger partial charge in [-0.15, -0.1) is 0 Å². The molecule has 4 rings (SSSR count). The van der Waals surface area contributed by atoms with Crippen molar-refractivity contribution >= 4 is 23.0 Å². The van der Waals surface area contributed by atoms with Crippen LogP contribution in [-0.2, 0) is 35.8 Å². The summed E-state index contributed by atoms with van der Waals surface area (Å²) in [6.07, 6.45) is -0.482. The van der Waals surface area contributed by atoms with Gasteiger partial charge in [-0.05, 0) is 33.5 Å². The van der Waals surface area contributed by atoms with Crippen LogP contribution >= 0.6 is 0 Å². The summed E-state index contributed by atoms with van der Waals surface area (Å²) in [4.78, 5) is 26.0. The predicted molar refractivity (Wildman–Crippen MR) is 158 cm³/mol. The fraction of sp³-hybridized carbons (Fsp3) is 0.586. The van der Waals surface area contributed by atoms with Gasteiger partial charge in [-0.3, -0.25) is 4.79 Å². The summed E-state index contributed by atoms with van der Waals surface area (Å²) in [7, 11) is -5.89. The van der Waals surface area contributed by atoms with Gasteiger partial charge in [0.25, 0.3) is 5.56 Å². The molecule has 2 aromatic rings. The molecule has 0 radical (unpaired) electrons. The Labute approximate surface area is 262 Å². The van der Waals surface area contributed by atoms with Gasteiger partial charge in [0.15, 0.2) is 12.0 Å². The van der Waals surface area contributed by atoms with Crippen molar-refractivity contribution in [3.05, 3.63) is 74.8 Å². The van der Waals surface area contributed by atoms with E-state index in [-0.39, 0.29) is 66.9 Å². The topological polar surface area (TPSA) is 113 Å². The second-order valence-corrected chi connectivity index (χ2v) is 20.9. The Bertz CT molecular complexity index is 1340. The minimum absolute atomic E-state index is 0. The molecule has 2 aliphatic rings. The molecule has 0 spiro atoms. The van der Waals surface area contributed by atoms with Crippen LogP contribution in [0.3, 0.4) is 0 Å². The number of fused-ring (bicyclic) bond motifs is 1. The molecule has 1 aromatic carbocycles. The molecule has 13 heteroatoms. The molecule has 226 valence electrons. The summed E-state index contributed by atoms with van der Waals surface area (Å²) in [5.41, 5.74) is -0.0506. The van der Waals surface area contributed by atoms with Gasteiger partial charge >= 0.3 is 41.7 Å². The fourth-order valence-corrected chi connectivity index (χ4v) is 16.9. The molecule has 2 atom stereocenters. The first-order chi connectivity index (χ1) is 19.3. The van der Waals surface area contributed by atoms with E-state index >= 15 is 0 Å². The Morgan fingerprint density at radius 2 is 1.52 bits per heavy atom. The number of benzene rings is 1. The first kappa shape index (κ1) is 34.6. The van der Waals surface area contributed by atoms with Gasteiger partial charge in [0, 0.05) is 12.3 Å². The Hall–Kier alpha value is -1.89. The zero-order chi connectivity index (χ0) is 30.1. The van der Waals surface area contributed by atoms with Gasteiger partial charge in [-0.25, -0.2) is 13.9 Å². The number of hydrogen-bond donors (Lipinski definition) is 0. The van der Waals surface area contributed by atoms with Crippen LogP contribution in [0.5, 0.6) is 0 Å². The largest absolute Gasteiger partial charge is 1.00 e. The maximum atomic E-state index is 13.9. The van der Waals surface area contributed by atoms with Gasteiger partial charge in [0.05, 0.1) is 13.2 Å². The molecule has 0 N–H and O–H groups in total. The van der Waals surface area contributed by atoms with Crippen LogP contribution in [0.15, 0.2) is 57.9 Å². The predicted octanol–water partition coefficient (Wildman–Crippen LogP) is 1.03. The van der Waals surface area contributed by atoms with E-state index in [0.29, 0.717) is 0 Å². The van der Waals surface area contributed by atoms with E-state index in [9.17, 15) is 14.7 Å². The van der Waals surface area contributed by atoms with Crippen molar-refractivity contribution in [2.75, 3.05) is 6.61 Å². The standard InChI is InChI=1S/C29H44N2O8Si2.Li/c1-19(2)40(20(3)4)36-17-24-27(38-41(39-40,21(5)6)22(7)8)26(33)28(37-24)30-15-14-25(32)31(29(30)34)18-35-16-23-12-10-9-11-13-23;/h9-15,19-22,24,27,33H,16-18H2,1-8H3;/q;+1/p-1/t24-,27-;/m1./s1. The summed E-state index contributed by atoms with van der Waals surface area (Å²) in [5, 5.41) is 13.9. The third-order valence-corrected chi connectivity index (χ3v) is 18.2. The molecular weight excluding hydrogens is 567 g/mol. The number of rotatable bonds is 9. The maximum absolute atomic E-state index is 13.9. The summed E-state index contributed by atoms with van der Waals surface area (Å²) in [6.45, 7) is 16.8. The second kappa shape index (κ2) is 13.8. The molecule has 1 saturated heterocycles. The Morgan fingerprint density at radius 3 is 2.10 bits per heavy atom. The SMILES string of the molecule is CC(C)[Si]1(C(C)C)OC[C@H]2OC(n3ccc(=O)n(COCc4ccccc4)c3=O)=C([O-])[C@@H]2O[Si](C(C)C)(C(C)C)O1.[Li+]. The van der Waals surface area contributed by atoms with E-state index in [0.717, 1.165) is 14.7 Å². The minimum atomic E-state index is -3.06. The molecule has 0 amide bonds. The van der Waals surface area contributed by atoms with Crippen LogP contribution in [0.2, 0.25) is 22.2 Å². The molecule has 3 heterocycles. The van der Waals surface area contributed by atoms with Crippen LogP contribution in [0, 0.1) is 0 Å². The van der Waals surface area contributed by atoms with Crippen molar-refractivity contribution in [3.8, 4) is 0 Å². The Kier molecular flexibility index (Phi) is 11.4.